The van der Waals surface area contributed by atoms with Gasteiger partial charge in [0, 0.05) is 0 Å². The molecule has 1 aromatic carbocycles. The van der Waals surface area contributed by atoms with Crippen molar-refractivity contribution >= 4 is 21.9 Å². The van der Waals surface area contributed by atoms with Gasteiger partial charge >= 0.3 is 0 Å². The van der Waals surface area contributed by atoms with Crippen molar-refractivity contribution < 1.29 is 14.6 Å². The highest BCUT2D eigenvalue weighted by Gasteiger charge is 2.10. The number of ether oxygens (including phenoxy) is 1. The first kappa shape index (κ1) is 14.3. The van der Waals surface area contributed by atoms with Gasteiger partial charge in [0.2, 0.25) is 5.88 Å². The van der Waals surface area contributed by atoms with Gasteiger partial charge in [0.1, 0.15) is 17.4 Å². The monoisotopic (exact) mass is 337 g/mol. The second kappa shape index (κ2) is 6.33. The molecule has 2 aromatic rings. The Bertz CT molecular complexity index is 670. The molecule has 2 rings (SSSR count). The lowest BCUT2D eigenvalue weighted by molar-refractivity contribution is -0.306. The Morgan fingerprint density at radius 1 is 1.35 bits per heavy atom. The summed E-state index contributed by atoms with van der Waals surface area (Å²) in [7, 11) is 0. The summed E-state index contributed by atoms with van der Waals surface area (Å²) in [6.45, 7) is -0.292. The molecule has 0 aliphatic heterocycles. The zero-order chi connectivity index (χ0) is 14.5. The lowest BCUT2D eigenvalue weighted by Crippen LogP contribution is -2.33. The summed E-state index contributed by atoms with van der Waals surface area (Å²) in [4.78, 5) is 26.2. The smallest absolute Gasteiger partial charge is 0.271 e. The molecule has 0 aliphatic rings. The molecule has 6 nitrogen and oxygen atoms in total. The summed E-state index contributed by atoms with van der Waals surface area (Å²) in [6, 6.07) is 9.40. The van der Waals surface area contributed by atoms with E-state index in [1.165, 1.54) is 0 Å². The molecule has 0 spiro atoms. The van der Waals surface area contributed by atoms with Crippen LogP contribution in [-0.2, 0) is 17.9 Å². The maximum absolute atomic E-state index is 11.8. The van der Waals surface area contributed by atoms with E-state index in [2.05, 4.69) is 20.9 Å². The van der Waals surface area contributed by atoms with E-state index in [1.807, 2.05) is 30.3 Å². The van der Waals surface area contributed by atoms with Crippen molar-refractivity contribution in [3.63, 3.8) is 0 Å². The van der Waals surface area contributed by atoms with E-state index < -0.39 is 18.1 Å². The second-order valence-electron chi connectivity index (χ2n) is 3.94. The predicted octanol–water partition coefficient (Wildman–Crippen LogP) is 0.335. The van der Waals surface area contributed by atoms with Crippen molar-refractivity contribution in [3.05, 3.63) is 57.0 Å². The van der Waals surface area contributed by atoms with Gasteiger partial charge in [-0.25, -0.2) is 4.98 Å². The van der Waals surface area contributed by atoms with Crippen LogP contribution in [0.2, 0.25) is 0 Å². The molecule has 0 saturated carbocycles. The van der Waals surface area contributed by atoms with Crippen molar-refractivity contribution in [2.24, 2.45) is 0 Å². The number of aromatic nitrogens is 2. The molecule has 0 radical (unpaired) electrons. The van der Waals surface area contributed by atoms with Crippen LogP contribution in [0.3, 0.4) is 0 Å². The van der Waals surface area contributed by atoms with Crippen LogP contribution < -0.4 is 15.4 Å². The number of carbonyl (C=O) groups is 1. The Kier molecular flexibility index (Phi) is 4.52. The standard InChI is InChI=1S/C13H11BrN2O4/c14-11-12(20-7-9-4-2-1-3-5-9)15-8-16(13(11)19)6-10(17)18/h1-5,8H,6-7H2,(H,17,18)/p-1. The average Bonchev–Trinajstić information content (AvgIpc) is 2.44. The number of carbonyl (C=O) groups excluding carboxylic acids is 1. The summed E-state index contributed by atoms with van der Waals surface area (Å²) in [5, 5.41) is 10.5. The van der Waals surface area contributed by atoms with E-state index in [-0.39, 0.29) is 17.0 Å². The molecule has 104 valence electrons. The molecule has 1 heterocycles. The van der Waals surface area contributed by atoms with Crippen LogP contribution in [0.15, 0.2) is 45.9 Å². The molecule has 0 bridgehead atoms. The molecular weight excluding hydrogens is 328 g/mol. The molecule has 0 fully saturated rings. The lowest BCUT2D eigenvalue weighted by atomic mass is 10.2. The highest BCUT2D eigenvalue weighted by molar-refractivity contribution is 9.10. The zero-order valence-corrected chi connectivity index (χ0v) is 11.9. The summed E-state index contributed by atoms with van der Waals surface area (Å²) >= 11 is 3.06. The molecule has 1 aromatic heterocycles. The van der Waals surface area contributed by atoms with E-state index in [0.717, 1.165) is 16.5 Å². The fourth-order valence-electron chi connectivity index (χ4n) is 1.53. The predicted molar refractivity (Wildman–Crippen MR) is 72.0 cm³/mol. The third-order valence-corrected chi connectivity index (χ3v) is 3.15. The van der Waals surface area contributed by atoms with E-state index in [4.69, 9.17) is 4.74 Å². The van der Waals surface area contributed by atoms with Gasteiger partial charge in [0.15, 0.2) is 0 Å². The normalized spacial score (nSPS) is 10.2. The molecule has 0 atom stereocenters. The Hall–Kier alpha value is -2.15. The number of carboxylic acid groups (broad SMARTS) is 1. The van der Waals surface area contributed by atoms with Gasteiger partial charge in [0.05, 0.1) is 12.5 Å². The largest absolute Gasteiger partial charge is 0.548 e. The summed E-state index contributed by atoms with van der Waals surface area (Å²) in [5.41, 5.74) is 0.396. The van der Waals surface area contributed by atoms with E-state index >= 15 is 0 Å². The van der Waals surface area contributed by atoms with Gasteiger partial charge in [0.25, 0.3) is 5.56 Å². The van der Waals surface area contributed by atoms with Crippen LogP contribution in [0.5, 0.6) is 5.88 Å². The van der Waals surface area contributed by atoms with Crippen molar-refractivity contribution in [1.82, 2.24) is 9.55 Å². The van der Waals surface area contributed by atoms with Crippen molar-refractivity contribution in [3.8, 4) is 5.88 Å². The highest BCUT2D eigenvalue weighted by Crippen LogP contribution is 2.18. The number of benzene rings is 1. The van der Waals surface area contributed by atoms with E-state index in [0.29, 0.717) is 0 Å². The number of halogens is 1. The first-order valence-electron chi connectivity index (χ1n) is 5.69. The SMILES string of the molecule is O=C([O-])Cn1cnc(OCc2ccccc2)c(Br)c1=O. The van der Waals surface area contributed by atoms with E-state index in [9.17, 15) is 14.7 Å². The molecule has 0 amide bonds. The third kappa shape index (κ3) is 3.45. The summed E-state index contributed by atoms with van der Waals surface area (Å²) in [5.74, 6) is -1.24. The summed E-state index contributed by atoms with van der Waals surface area (Å²) in [6.07, 6.45) is 1.11. The Balaban J connectivity index is 2.15. The fourth-order valence-corrected chi connectivity index (χ4v) is 1.97. The van der Waals surface area contributed by atoms with Crippen LogP contribution in [-0.4, -0.2) is 15.5 Å². The van der Waals surface area contributed by atoms with Crippen LogP contribution in [0, 0.1) is 0 Å². The molecular formula is C13H10BrN2O4-. The number of carboxylic acids is 1. The second-order valence-corrected chi connectivity index (χ2v) is 4.74. The molecule has 0 saturated heterocycles. The topological polar surface area (TPSA) is 84.2 Å². The minimum Gasteiger partial charge on any atom is -0.548 e. The Morgan fingerprint density at radius 2 is 2.05 bits per heavy atom. The fraction of sp³-hybridized carbons (Fsp3) is 0.154. The van der Waals surface area contributed by atoms with Crippen molar-refractivity contribution in [2.75, 3.05) is 0 Å². The Morgan fingerprint density at radius 3 is 2.70 bits per heavy atom. The van der Waals surface area contributed by atoms with E-state index in [1.54, 1.807) is 0 Å². The van der Waals surface area contributed by atoms with Crippen LogP contribution in [0.1, 0.15) is 5.56 Å². The first-order chi connectivity index (χ1) is 9.58. The third-order valence-electron chi connectivity index (χ3n) is 2.47. The number of hydrogen-bond acceptors (Lipinski definition) is 5. The average molecular weight is 338 g/mol. The minimum atomic E-state index is -1.36. The number of hydrogen-bond donors (Lipinski definition) is 0. The Labute approximate surface area is 122 Å². The van der Waals surface area contributed by atoms with Gasteiger partial charge in [-0.2, -0.15) is 0 Å². The van der Waals surface area contributed by atoms with Crippen LogP contribution in [0.25, 0.3) is 0 Å². The van der Waals surface area contributed by atoms with Crippen LogP contribution >= 0.6 is 15.9 Å². The van der Waals surface area contributed by atoms with Gasteiger partial charge in [-0.3, -0.25) is 9.36 Å². The van der Waals surface area contributed by atoms with Gasteiger partial charge < -0.3 is 14.6 Å². The maximum atomic E-state index is 11.8. The van der Waals surface area contributed by atoms with Crippen molar-refractivity contribution in [1.29, 1.82) is 0 Å². The highest BCUT2D eigenvalue weighted by atomic mass is 79.9. The zero-order valence-electron chi connectivity index (χ0n) is 10.3. The van der Waals surface area contributed by atoms with Crippen molar-refractivity contribution in [2.45, 2.75) is 13.2 Å². The molecule has 0 aliphatic carbocycles. The van der Waals surface area contributed by atoms with Gasteiger partial charge in [-0.05, 0) is 21.5 Å². The quantitative estimate of drug-likeness (QED) is 0.785. The number of aliphatic carboxylic acids is 1. The number of rotatable bonds is 5. The molecule has 20 heavy (non-hydrogen) atoms. The first-order valence-corrected chi connectivity index (χ1v) is 6.48. The van der Waals surface area contributed by atoms with Crippen LogP contribution in [0.4, 0.5) is 0 Å². The maximum Gasteiger partial charge on any atom is 0.271 e. The molecule has 0 unspecified atom stereocenters. The number of nitrogens with zero attached hydrogens (tertiary/aromatic N) is 2. The minimum absolute atomic E-state index is 0.0807. The summed E-state index contributed by atoms with van der Waals surface area (Å²) < 4.78 is 6.44. The molecule has 0 N–H and O–H groups in total. The lowest BCUT2D eigenvalue weighted by Gasteiger charge is -2.10. The molecule has 7 heteroatoms. The van der Waals surface area contributed by atoms with Gasteiger partial charge in [-0.1, -0.05) is 30.3 Å². The van der Waals surface area contributed by atoms with Gasteiger partial charge in [-0.15, -0.1) is 0 Å².